The van der Waals surface area contributed by atoms with Crippen molar-refractivity contribution >= 4 is 46.3 Å². The third-order valence-corrected chi connectivity index (χ3v) is 2.43. The molecular formula is C7H5ClIN3O2. The molecule has 74 valence electrons. The summed E-state index contributed by atoms with van der Waals surface area (Å²) >= 11 is 2.03. The van der Waals surface area contributed by atoms with Crippen LogP contribution in [0, 0.1) is 13.7 Å². The number of nitrogens with zero attached hydrogens (tertiary/aromatic N) is 3. The molecule has 2 aromatic rings. The van der Waals surface area contributed by atoms with Gasteiger partial charge in [0.1, 0.15) is 0 Å². The lowest BCUT2D eigenvalue weighted by molar-refractivity contribution is -0.385. The Balaban J connectivity index is 0.000000980. The van der Waals surface area contributed by atoms with Gasteiger partial charge >= 0.3 is 0 Å². The van der Waals surface area contributed by atoms with Crippen molar-refractivity contribution in [3.05, 3.63) is 38.3 Å². The van der Waals surface area contributed by atoms with Crippen LogP contribution in [-0.2, 0) is 0 Å². The first-order chi connectivity index (χ1) is 6.18. The number of aromatic nitrogens is 2. The second-order valence-corrected chi connectivity index (χ2v) is 3.62. The zero-order chi connectivity index (χ0) is 9.42. The van der Waals surface area contributed by atoms with E-state index < -0.39 is 4.92 Å². The molecule has 0 bridgehead atoms. The summed E-state index contributed by atoms with van der Waals surface area (Å²) in [5, 5.41) is 10.5. The van der Waals surface area contributed by atoms with E-state index in [0.29, 0.717) is 0 Å². The van der Waals surface area contributed by atoms with Gasteiger partial charge in [-0.1, -0.05) is 0 Å². The minimum absolute atomic E-state index is 0. The van der Waals surface area contributed by atoms with E-state index >= 15 is 0 Å². The van der Waals surface area contributed by atoms with Gasteiger partial charge in [-0.2, -0.15) is 0 Å². The smallest absolute Gasteiger partial charge is 0.287 e. The van der Waals surface area contributed by atoms with Gasteiger partial charge in [0, 0.05) is 18.5 Å². The number of hydrogen-bond acceptors (Lipinski definition) is 3. The summed E-state index contributed by atoms with van der Waals surface area (Å²) in [5.41, 5.74) is 0.820. The molecule has 0 N–H and O–H groups in total. The lowest BCUT2D eigenvalue weighted by Crippen LogP contribution is -1.93. The predicted octanol–water partition coefficient (Wildman–Crippen LogP) is 2.27. The summed E-state index contributed by atoms with van der Waals surface area (Å²) in [5.74, 6) is 0. The Bertz CT molecular complexity index is 485. The third kappa shape index (κ3) is 1.80. The van der Waals surface area contributed by atoms with Crippen molar-refractivity contribution in [3.63, 3.8) is 0 Å². The molecule has 7 heteroatoms. The van der Waals surface area contributed by atoms with Gasteiger partial charge in [0.25, 0.3) is 5.69 Å². The molecule has 0 aliphatic rings. The summed E-state index contributed by atoms with van der Waals surface area (Å²) in [6.07, 6.45) is 4.75. The SMILES string of the molecule is Cl.O=[N+]([O-])c1cc(I)c2nccn2c1. The van der Waals surface area contributed by atoms with Crippen LogP contribution in [0.4, 0.5) is 5.69 Å². The van der Waals surface area contributed by atoms with Crippen molar-refractivity contribution in [1.29, 1.82) is 0 Å². The Morgan fingerprint density at radius 3 is 2.93 bits per heavy atom. The Kier molecular flexibility index (Phi) is 3.27. The molecule has 2 rings (SSSR count). The van der Waals surface area contributed by atoms with Gasteiger partial charge in [-0.05, 0) is 22.6 Å². The van der Waals surface area contributed by atoms with Crippen LogP contribution in [-0.4, -0.2) is 14.3 Å². The highest BCUT2D eigenvalue weighted by Crippen LogP contribution is 2.18. The van der Waals surface area contributed by atoms with Gasteiger partial charge in [0.2, 0.25) is 0 Å². The third-order valence-electron chi connectivity index (χ3n) is 1.64. The van der Waals surface area contributed by atoms with E-state index in [-0.39, 0.29) is 18.1 Å². The number of imidazole rings is 1. The van der Waals surface area contributed by atoms with E-state index in [4.69, 9.17) is 0 Å². The standard InChI is InChI=1S/C7H4IN3O2.ClH/c8-6-3-5(11(12)13)4-10-2-1-9-7(6)10;/h1-4H;1H. The largest absolute Gasteiger partial charge is 0.299 e. The lowest BCUT2D eigenvalue weighted by atomic mass is 10.4. The van der Waals surface area contributed by atoms with E-state index in [2.05, 4.69) is 4.98 Å². The van der Waals surface area contributed by atoms with Crippen molar-refractivity contribution in [3.8, 4) is 0 Å². The van der Waals surface area contributed by atoms with E-state index in [1.807, 2.05) is 22.6 Å². The molecular weight excluding hydrogens is 320 g/mol. The number of pyridine rings is 1. The second-order valence-electron chi connectivity index (χ2n) is 2.46. The minimum Gasteiger partial charge on any atom is -0.299 e. The molecule has 2 heterocycles. The highest BCUT2D eigenvalue weighted by molar-refractivity contribution is 14.1. The molecule has 0 radical (unpaired) electrons. The van der Waals surface area contributed by atoms with Gasteiger partial charge in [-0.3, -0.25) is 14.5 Å². The summed E-state index contributed by atoms with van der Waals surface area (Å²) in [6, 6.07) is 1.50. The Morgan fingerprint density at radius 2 is 2.29 bits per heavy atom. The van der Waals surface area contributed by atoms with Crippen molar-refractivity contribution in [2.45, 2.75) is 0 Å². The first-order valence-electron chi connectivity index (χ1n) is 3.45. The Morgan fingerprint density at radius 1 is 1.57 bits per heavy atom. The van der Waals surface area contributed by atoms with Crippen LogP contribution in [0.3, 0.4) is 0 Å². The molecule has 0 amide bonds. The molecule has 0 fully saturated rings. The van der Waals surface area contributed by atoms with Crippen LogP contribution in [0.2, 0.25) is 0 Å². The van der Waals surface area contributed by atoms with Crippen LogP contribution in [0.1, 0.15) is 0 Å². The van der Waals surface area contributed by atoms with Gasteiger partial charge in [0.15, 0.2) is 5.65 Å². The Hall–Kier alpha value is -0.890. The van der Waals surface area contributed by atoms with Gasteiger partial charge in [-0.25, -0.2) is 4.98 Å². The molecule has 0 saturated carbocycles. The average molecular weight is 325 g/mol. The minimum atomic E-state index is -0.415. The van der Waals surface area contributed by atoms with Crippen molar-refractivity contribution in [2.24, 2.45) is 0 Å². The zero-order valence-electron chi connectivity index (χ0n) is 6.75. The van der Waals surface area contributed by atoms with E-state index in [9.17, 15) is 10.1 Å². The average Bonchev–Trinajstić information content (AvgIpc) is 2.51. The van der Waals surface area contributed by atoms with Gasteiger partial charge in [0.05, 0.1) is 14.7 Å². The molecule has 14 heavy (non-hydrogen) atoms. The molecule has 0 atom stereocenters. The van der Waals surface area contributed by atoms with Crippen LogP contribution >= 0.6 is 35.0 Å². The maximum absolute atomic E-state index is 10.5. The molecule has 0 spiro atoms. The zero-order valence-corrected chi connectivity index (χ0v) is 9.73. The summed E-state index contributed by atoms with van der Waals surface area (Å²) in [4.78, 5) is 14.1. The van der Waals surface area contributed by atoms with Crippen LogP contribution in [0.5, 0.6) is 0 Å². The first-order valence-corrected chi connectivity index (χ1v) is 4.53. The first kappa shape index (κ1) is 11.2. The highest BCUT2D eigenvalue weighted by atomic mass is 127. The molecule has 0 aliphatic carbocycles. The summed E-state index contributed by atoms with van der Waals surface area (Å²) < 4.78 is 2.41. The quantitative estimate of drug-likeness (QED) is 0.459. The molecule has 0 aromatic carbocycles. The van der Waals surface area contributed by atoms with Crippen molar-refractivity contribution < 1.29 is 4.92 Å². The summed E-state index contributed by atoms with van der Waals surface area (Å²) in [6.45, 7) is 0. The predicted molar refractivity (Wildman–Crippen MR) is 61.8 cm³/mol. The van der Waals surface area contributed by atoms with Crippen molar-refractivity contribution in [2.75, 3.05) is 0 Å². The van der Waals surface area contributed by atoms with Crippen molar-refractivity contribution in [1.82, 2.24) is 9.38 Å². The van der Waals surface area contributed by atoms with Crippen LogP contribution < -0.4 is 0 Å². The highest BCUT2D eigenvalue weighted by Gasteiger charge is 2.09. The number of rotatable bonds is 1. The summed E-state index contributed by atoms with van der Waals surface area (Å²) in [7, 11) is 0. The Labute approximate surface area is 98.8 Å². The molecule has 0 saturated heterocycles. The lowest BCUT2D eigenvalue weighted by Gasteiger charge is -1.96. The van der Waals surface area contributed by atoms with Gasteiger partial charge < -0.3 is 0 Å². The number of halogens is 2. The second kappa shape index (κ2) is 4.09. The molecule has 5 nitrogen and oxygen atoms in total. The molecule has 0 unspecified atom stereocenters. The normalized spacial score (nSPS) is 9.79. The number of fused-ring (bicyclic) bond motifs is 1. The molecule has 0 aliphatic heterocycles. The van der Waals surface area contributed by atoms with E-state index in [1.165, 1.54) is 12.3 Å². The van der Waals surface area contributed by atoms with Gasteiger partial charge in [-0.15, -0.1) is 12.4 Å². The number of hydrogen-bond donors (Lipinski definition) is 0. The topological polar surface area (TPSA) is 60.4 Å². The van der Waals surface area contributed by atoms with Crippen LogP contribution in [0.15, 0.2) is 24.7 Å². The van der Waals surface area contributed by atoms with E-state index in [1.54, 1.807) is 16.8 Å². The molecule has 2 aromatic heterocycles. The fourth-order valence-corrected chi connectivity index (χ4v) is 1.81. The number of nitro groups is 1. The maximum atomic E-state index is 10.5. The fraction of sp³-hybridized carbons (Fsp3) is 0. The maximum Gasteiger partial charge on any atom is 0.287 e. The van der Waals surface area contributed by atoms with E-state index in [0.717, 1.165) is 9.22 Å². The van der Waals surface area contributed by atoms with Crippen LogP contribution in [0.25, 0.3) is 5.65 Å². The fourth-order valence-electron chi connectivity index (χ4n) is 1.08. The monoisotopic (exact) mass is 325 g/mol.